The number of carbonyl (C=O) groups excluding carboxylic acids is 4. The summed E-state index contributed by atoms with van der Waals surface area (Å²) in [5.74, 6) is -8.14. The van der Waals surface area contributed by atoms with Gasteiger partial charge in [-0.2, -0.15) is 0 Å². The normalized spacial score (nSPS) is 14.2. The molecule has 0 aliphatic carbocycles. The summed E-state index contributed by atoms with van der Waals surface area (Å²) in [5, 5.41) is 33.2. The van der Waals surface area contributed by atoms with E-state index in [4.69, 9.17) is 26.8 Å². The highest BCUT2D eigenvalue weighted by molar-refractivity contribution is 5.95. The Morgan fingerprint density at radius 1 is 0.719 bits per heavy atom. The van der Waals surface area contributed by atoms with Crippen molar-refractivity contribution in [3.05, 3.63) is 0 Å². The number of aliphatic carboxylic acids is 3. The molecule has 180 valence electrons. The van der Waals surface area contributed by atoms with Crippen LogP contribution in [0.25, 0.3) is 0 Å². The van der Waals surface area contributed by atoms with E-state index in [-0.39, 0.29) is 6.42 Å². The van der Waals surface area contributed by atoms with Gasteiger partial charge in [0.2, 0.25) is 23.6 Å². The third-order valence-electron chi connectivity index (χ3n) is 3.99. The third kappa shape index (κ3) is 11.4. The summed E-state index contributed by atoms with van der Waals surface area (Å²) < 4.78 is 0. The number of primary amides is 1. The Labute approximate surface area is 181 Å². The minimum Gasteiger partial charge on any atom is -0.481 e. The Bertz CT molecular complexity index is 754. The molecule has 0 saturated carbocycles. The van der Waals surface area contributed by atoms with Crippen LogP contribution in [0.4, 0.5) is 0 Å². The summed E-state index contributed by atoms with van der Waals surface area (Å²) >= 11 is 0. The number of nitrogens with one attached hydrogen (secondary N) is 3. The molecule has 0 heterocycles. The van der Waals surface area contributed by atoms with Gasteiger partial charge in [0.15, 0.2) is 0 Å². The molecule has 15 nitrogen and oxygen atoms in total. The van der Waals surface area contributed by atoms with E-state index in [9.17, 15) is 33.6 Å². The fourth-order valence-electron chi connectivity index (χ4n) is 2.32. The Hall–Kier alpha value is -3.75. The number of hydrogen-bond acceptors (Lipinski definition) is 8. The molecule has 0 radical (unpaired) electrons. The molecule has 32 heavy (non-hydrogen) atoms. The van der Waals surface area contributed by atoms with E-state index in [1.165, 1.54) is 6.92 Å². The van der Waals surface area contributed by atoms with Gasteiger partial charge in [0.05, 0.1) is 12.5 Å². The van der Waals surface area contributed by atoms with E-state index < -0.39 is 91.4 Å². The van der Waals surface area contributed by atoms with Crippen LogP contribution in [0.2, 0.25) is 0 Å². The molecule has 0 aliphatic heterocycles. The molecule has 4 atom stereocenters. The Balaban J connectivity index is 5.56. The standard InChI is InChI=1S/C17H27N5O10/c1-7(18)14(28)20-8(2-4-12(24)25)15(29)21-9(3-5-13(26)27)16(30)22-10(17(31)32)6-11(19)23/h7-10H,2-6,18H2,1H3,(H2,19,23)(H,20,28)(H,21,29)(H,22,30)(H,24,25)(H,26,27)(H,31,32). The highest BCUT2D eigenvalue weighted by Gasteiger charge is 2.31. The average Bonchev–Trinajstić information content (AvgIpc) is 2.66. The first kappa shape index (κ1) is 28.2. The maximum Gasteiger partial charge on any atom is 0.326 e. The SMILES string of the molecule is CC(N)C(=O)NC(CCC(=O)O)C(=O)NC(CCC(=O)O)C(=O)NC(CC(N)=O)C(=O)O. The van der Waals surface area contributed by atoms with Crippen LogP contribution in [0, 0.1) is 0 Å². The van der Waals surface area contributed by atoms with Crippen LogP contribution in [0.5, 0.6) is 0 Å². The minimum atomic E-state index is -1.73. The number of hydrogen-bond donors (Lipinski definition) is 8. The van der Waals surface area contributed by atoms with Crippen LogP contribution in [0.1, 0.15) is 39.0 Å². The number of carboxylic acid groups (broad SMARTS) is 3. The molecule has 0 rings (SSSR count). The van der Waals surface area contributed by atoms with Gasteiger partial charge in [-0.25, -0.2) is 4.79 Å². The van der Waals surface area contributed by atoms with Gasteiger partial charge in [0.1, 0.15) is 18.1 Å². The van der Waals surface area contributed by atoms with Gasteiger partial charge in [-0.1, -0.05) is 0 Å². The first-order valence-electron chi connectivity index (χ1n) is 9.36. The second-order valence-corrected chi connectivity index (χ2v) is 6.85. The molecule has 0 aromatic heterocycles. The lowest BCUT2D eigenvalue weighted by atomic mass is 10.1. The van der Waals surface area contributed by atoms with Crippen molar-refractivity contribution in [3.63, 3.8) is 0 Å². The number of amides is 4. The largest absolute Gasteiger partial charge is 0.481 e. The van der Waals surface area contributed by atoms with Crippen molar-refractivity contribution in [2.24, 2.45) is 11.5 Å². The van der Waals surface area contributed by atoms with Crippen LogP contribution in [0.15, 0.2) is 0 Å². The van der Waals surface area contributed by atoms with Crippen LogP contribution >= 0.6 is 0 Å². The number of carboxylic acids is 3. The molecule has 15 heteroatoms. The van der Waals surface area contributed by atoms with E-state index >= 15 is 0 Å². The Kier molecular flexibility index (Phi) is 11.9. The maximum absolute atomic E-state index is 12.6. The maximum atomic E-state index is 12.6. The zero-order valence-electron chi connectivity index (χ0n) is 17.2. The molecule has 4 amide bonds. The van der Waals surface area contributed by atoms with Gasteiger partial charge < -0.3 is 42.7 Å². The Morgan fingerprint density at radius 2 is 1.09 bits per heavy atom. The average molecular weight is 461 g/mol. The van der Waals surface area contributed by atoms with Crippen LogP contribution in [-0.2, 0) is 33.6 Å². The summed E-state index contributed by atoms with van der Waals surface area (Å²) in [5.41, 5.74) is 10.3. The van der Waals surface area contributed by atoms with Crippen LogP contribution in [-0.4, -0.2) is 81.0 Å². The van der Waals surface area contributed by atoms with Gasteiger partial charge in [-0.3, -0.25) is 28.8 Å². The summed E-state index contributed by atoms with van der Waals surface area (Å²) in [7, 11) is 0. The van der Waals surface area contributed by atoms with Gasteiger partial charge in [0.25, 0.3) is 0 Å². The first-order chi connectivity index (χ1) is 14.7. The van der Waals surface area contributed by atoms with E-state index in [1.807, 2.05) is 5.32 Å². The number of nitrogens with two attached hydrogens (primary N) is 2. The van der Waals surface area contributed by atoms with Crippen molar-refractivity contribution < 1.29 is 48.9 Å². The highest BCUT2D eigenvalue weighted by atomic mass is 16.4. The predicted molar refractivity (Wildman–Crippen MR) is 105 cm³/mol. The summed E-state index contributed by atoms with van der Waals surface area (Å²) in [4.78, 5) is 80.8. The van der Waals surface area contributed by atoms with Crippen molar-refractivity contribution in [1.29, 1.82) is 0 Å². The van der Waals surface area contributed by atoms with Crippen LogP contribution < -0.4 is 27.4 Å². The lowest BCUT2D eigenvalue weighted by Crippen LogP contribution is -2.57. The summed E-state index contributed by atoms with van der Waals surface area (Å²) in [6.07, 6.45) is -2.72. The topological polar surface area (TPSA) is 268 Å². The molecule has 0 bridgehead atoms. The monoisotopic (exact) mass is 461 g/mol. The zero-order valence-corrected chi connectivity index (χ0v) is 17.2. The van der Waals surface area contributed by atoms with Crippen molar-refractivity contribution in [2.45, 2.75) is 63.2 Å². The molecular formula is C17H27N5O10. The van der Waals surface area contributed by atoms with Crippen LogP contribution in [0.3, 0.4) is 0 Å². The predicted octanol–water partition coefficient (Wildman–Crippen LogP) is -3.52. The second-order valence-electron chi connectivity index (χ2n) is 6.85. The van der Waals surface area contributed by atoms with E-state index in [0.717, 1.165) is 0 Å². The molecule has 0 fully saturated rings. The lowest BCUT2D eigenvalue weighted by Gasteiger charge is -2.24. The molecule has 0 aliphatic rings. The van der Waals surface area contributed by atoms with E-state index in [0.29, 0.717) is 0 Å². The summed E-state index contributed by atoms with van der Waals surface area (Å²) in [6.45, 7) is 1.31. The molecule has 0 saturated heterocycles. The molecule has 4 unspecified atom stereocenters. The van der Waals surface area contributed by atoms with E-state index in [1.54, 1.807) is 0 Å². The first-order valence-corrected chi connectivity index (χ1v) is 9.36. The second kappa shape index (κ2) is 13.5. The number of rotatable bonds is 15. The third-order valence-corrected chi connectivity index (χ3v) is 3.99. The van der Waals surface area contributed by atoms with Crippen molar-refractivity contribution in [3.8, 4) is 0 Å². The number of carbonyl (C=O) groups is 7. The molecule has 10 N–H and O–H groups in total. The molecule has 0 aromatic rings. The molecular weight excluding hydrogens is 434 g/mol. The lowest BCUT2D eigenvalue weighted by molar-refractivity contribution is -0.144. The summed E-state index contributed by atoms with van der Waals surface area (Å²) in [6, 6.07) is -5.77. The highest BCUT2D eigenvalue weighted by Crippen LogP contribution is 2.05. The van der Waals surface area contributed by atoms with Gasteiger partial charge in [-0.05, 0) is 19.8 Å². The van der Waals surface area contributed by atoms with Gasteiger partial charge in [-0.15, -0.1) is 0 Å². The smallest absolute Gasteiger partial charge is 0.326 e. The van der Waals surface area contributed by atoms with Gasteiger partial charge in [0, 0.05) is 12.8 Å². The fraction of sp³-hybridized carbons (Fsp3) is 0.588. The van der Waals surface area contributed by atoms with Gasteiger partial charge >= 0.3 is 17.9 Å². The minimum absolute atomic E-state index is 0.369. The van der Waals surface area contributed by atoms with Crippen molar-refractivity contribution in [1.82, 2.24) is 16.0 Å². The molecule has 0 aromatic carbocycles. The molecule has 0 spiro atoms. The zero-order chi connectivity index (χ0) is 25.0. The van der Waals surface area contributed by atoms with Crippen molar-refractivity contribution >= 4 is 41.5 Å². The quantitative estimate of drug-likeness (QED) is 0.118. The fourth-order valence-corrected chi connectivity index (χ4v) is 2.32. The Morgan fingerprint density at radius 3 is 1.41 bits per heavy atom. The van der Waals surface area contributed by atoms with Crippen molar-refractivity contribution in [2.75, 3.05) is 0 Å². The van der Waals surface area contributed by atoms with E-state index in [2.05, 4.69) is 10.6 Å².